The highest BCUT2D eigenvalue weighted by Crippen LogP contribution is 1.92. The van der Waals surface area contributed by atoms with Gasteiger partial charge in [-0.15, -0.1) is 5.92 Å². The highest BCUT2D eigenvalue weighted by atomic mass is 16.3. The van der Waals surface area contributed by atoms with E-state index in [-0.39, 0.29) is 5.76 Å². The minimum absolute atomic E-state index is 0.0130. The van der Waals surface area contributed by atoms with Crippen LogP contribution in [0.25, 0.3) is 0 Å². The summed E-state index contributed by atoms with van der Waals surface area (Å²) in [7, 11) is 0. The standard InChI is InChI=1S/C9H10O/c1-4-5-8(2)6-7-9(3)10/h6-7,10H,2-3H2,1H3/b7-6-. The third-order valence-electron chi connectivity index (χ3n) is 0.762. The minimum Gasteiger partial charge on any atom is -0.509 e. The Morgan fingerprint density at radius 3 is 2.40 bits per heavy atom. The van der Waals surface area contributed by atoms with Crippen LogP contribution < -0.4 is 0 Å². The largest absolute Gasteiger partial charge is 0.509 e. The topological polar surface area (TPSA) is 20.2 Å². The molecule has 0 aliphatic carbocycles. The van der Waals surface area contributed by atoms with E-state index in [2.05, 4.69) is 25.0 Å². The fraction of sp³-hybridized carbons (Fsp3) is 0.111. The Labute approximate surface area is 61.4 Å². The molecule has 0 saturated carbocycles. The van der Waals surface area contributed by atoms with Gasteiger partial charge < -0.3 is 5.11 Å². The number of aliphatic hydroxyl groups is 1. The van der Waals surface area contributed by atoms with Gasteiger partial charge in [-0.2, -0.15) is 0 Å². The third-order valence-corrected chi connectivity index (χ3v) is 0.762. The van der Waals surface area contributed by atoms with Crippen molar-refractivity contribution in [1.29, 1.82) is 0 Å². The van der Waals surface area contributed by atoms with Gasteiger partial charge >= 0.3 is 0 Å². The number of hydrogen-bond acceptors (Lipinski definition) is 1. The molecule has 0 atom stereocenters. The summed E-state index contributed by atoms with van der Waals surface area (Å²) < 4.78 is 0. The molecule has 0 bridgehead atoms. The van der Waals surface area contributed by atoms with E-state index in [9.17, 15) is 0 Å². The molecule has 0 aliphatic rings. The lowest BCUT2D eigenvalue weighted by Gasteiger charge is -1.84. The van der Waals surface area contributed by atoms with E-state index in [0.29, 0.717) is 5.57 Å². The Hall–Kier alpha value is -1.42. The molecule has 0 saturated heterocycles. The minimum atomic E-state index is 0.0130. The van der Waals surface area contributed by atoms with Crippen LogP contribution >= 0.6 is 0 Å². The van der Waals surface area contributed by atoms with Gasteiger partial charge in [0.05, 0.1) is 0 Å². The molecular weight excluding hydrogens is 124 g/mol. The number of hydrogen-bond donors (Lipinski definition) is 1. The van der Waals surface area contributed by atoms with Crippen LogP contribution in [0.4, 0.5) is 0 Å². The fourth-order valence-corrected chi connectivity index (χ4v) is 0.399. The van der Waals surface area contributed by atoms with Crippen molar-refractivity contribution < 1.29 is 5.11 Å². The SMILES string of the molecule is C=C(O)/C=C\C(=C)C#CC. The zero-order valence-electron chi connectivity index (χ0n) is 6.02. The van der Waals surface area contributed by atoms with Crippen LogP contribution in [0.1, 0.15) is 6.92 Å². The van der Waals surface area contributed by atoms with Crippen LogP contribution in [0.15, 0.2) is 36.6 Å². The quantitative estimate of drug-likeness (QED) is 0.348. The Balaban J connectivity index is 3.99. The average Bonchev–Trinajstić information content (AvgIpc) is 1.85. The van der Waals surface area contributed by atoms with Gasteiger partial charge in [-0.05, 0) is 19.1 Å². The molecular formula is C9H10O. The van der Waals surface area contributed by atoms with Crippen molar-refractivity contribution in [2.75, 3.05) is 0 Å². The predicted octanol–water partition coefficient (Wildman–Crippen LogP) is 2.19. The molecule has 0 radical (unpaired) electrons. The summed E-state index contributed by atoms with van der Waals surface area (Å²) >= 11 is 0. The van der Waals surface area contributed by atoms with Crippen LogP contribution in [0, 0.1) is 11.8 Å². The Kier molecular flexibility index (Phi) is 3.83. The molecule has 0 spiro atoms. The molecule has 0 heterocycles. The normalized spacial score (nSPS) is 8.50. The molecule has 0 unspecified atom stereocenters. The average molecular weight is 134 g/mol. The van der Waals surface area contributed by atoms with Gasteiger partial charge in [0.25, 0.3) is 0 Å². The van der Waals surface area contributed by atoms with E-state index in [1.807, 2.05) is 0 Å². The van der Waals surface area contributed by atoms with Gasteiger partial charge in [0.1, 0.15) is 5.76 Å². The monoisotopic (exact) mass is 134 g/mol. The van der Waals surface area contributed by atoms with Gasteiger partial charge in [0.15, 0.2) is 0 Å². The summed E-state index contributed by atoms with van der Waals surface area (Å²) in [6, 6.07) is 0. The maximum absolute atomic E-state index is 8.60. The lowest BCUT2D eigenvalue weighted by molar-refractivity contribution is 0.435. The molecule has 1 heteroatoms. The molecule has 0 aromatic heterocycles. The number of rotatable bonds is 2. The Bertz CT molecular complexity index is 223. The lowest BCUT2D eigenvalue weighted by atomic mass is 10.3. The molecule has 0 aliphatic heterocycles. The van der Waals surface area contributed by atoms with Crippen molar-refractivity contribution >= 4 is 0 Å². The van der Waals surface area contributed by atoms with E-state index in [1.54, 1.807) is 13.0 Å². The highest BCUT2D eigenvalue weighted by molar-refractivity contribution is 5.36. The highest BCUT2D eigenvalue weighted by Gasteiger charge is 1.78. The fourth-order valence-electron chi connectivity index (χ4n) is 0.399. The van der Waals surface area contributed by atoms with Crippen LogP contribution in [-0.4, -0.2) is 5.11 Å². The lowest BCUT2D eigenvalue weighted by Crippen LogP contribution is -1.70. The van der Waals surface area contributed by atoms with Crippen LogP contribution in [0.5, 0.6) is 0 Å². The van der Waals surface area contributed by atoms with E-state index < -0.39 is 0 Å². The van der Waals surface area contributed by atoms with Gasteiger partial charge in [-0.25, -0.2) is 0 Å². The van der Waals surface area contributed by atoms with Crippen molar-refractivity contribution in [2.45, 2.75) is 6.92 Å². The number of aliphatic hydroxyl groups excluding tert-OH is 1. The molecule has 0 aromatic rings. The molecule has 0 rings (SSSR count). The maximum Gasteiger partial charge on any atom is 0.108 e. The van der Waals surface area contributed by atoms with Gasteiger partial charge in [0.2, 0.25) is 0 Å². The summed E-state index contributed by atoms with van der Waals surface area (Å²) in [5.74, 6) is 5.41. The first-order valence-electron chi connectivity index (χ1n) is 2.84. The van der Waals surface area contributed by atoms with E-state index in [0.717, 1.165) is 0 Å². The second-order valence-electron chi connectivity index (χ2n) is 1.72. The van der Waals surface area contributed by atoms with Gasteiger partial charge in [-0.3, -0.25) is 0 Å². The van der Waals surface area contributed by atoms with E-state index in [4.69, 9.17) is 5.11 Å². The number of allylic oxidation sites excluding steroid dienone is 3. The van der Waals surface area contributed by atoms with Gasteiger partial charge in [-0.1, -0.05) is 19.1 Å². The zero-order chi connectivity index (χ0) is 7.98. The van der Waals surface area contributed by atoms with Crippen LogP contribution in [0.2, 0.25) is 0 Å². The van der Waals surface area contributed by atoms with Crippen molar-refractivity contribution in [3.05, 3.63) is 36.6 Å². The van der Waals surface area contributed by atoms with Crippen molar-refractivity contribution in [1.82, 2.24) is 0 Å². The smallest absolute Gasteiger partial charge is 0.108 e. The third kappa shape index (κ3) is 4.73. The summed E-state index contributed by atoms with van der Waals surface area (Å²) in [5.41, 5.74) is 0.665. The van der Waals surface area contributed by atoms with Crippen molar-refractivity contribution in [3.8, 4) is 11.8 Å². The Morgan fingerprint density at radius 1 is 1.40 bits per heavy atom. The first-order chi connectivity index (χ1) is 4.66. The summed E-state index contributed by atoms with van der Waals surface area (Å²) in [4.78, 5) is 0. The maximum atomic E-state index is 8.60. The summed E-state index contributed by atoms with van der Waals surface area (Å²) in [6.07, 6.45) is 3.06. The molecule has 1 N–H and O–H groups in total. The molecule has 0 fully saturated rings. The molecule has 1 nitrogen and oxygen atoms in total. The molecule has 52 valence electrons. The first kappa shape index (κ1) is 8.58. The van der Waals surface area contributed by atoms with Crippen LogP contribution in [0.3, 0.4) is 0 Å². The molecule has 0 aromatic carbocycles. The Morgan fingerprint density at radius 2 is 2.00 bits per heavy atom. The summed E-state index contributed by atoms with van der Waals surface area (Å²) in [6.45, 7) is 8.60. The van der Waals surface area contributed by atoms with E-state index >= 15 is 0 Å². The van der Waals surface area contributed by atoms with Crippen LogP contribution in [-0.2, 0) is 0 Å². The van der Waals surface area contributed by atoms with E-state index in [1.165, 1.54) is 6.08 Å². The second kappa shape index (κ2) is 4.46. The predicted molar refractivity (Wildman–Crippen MR) is 43.5 cm³/mol. The molecule has 0 amide bonds. The second-order valence-corrected chi connectivity index (χ2v) is 1.72. The van der Waals surface area contributed by atoms with Crippen molar-refractivity contribution in [3.63, 3.8) is 0 Å². The van der Waals surface area contributed by atoms with Crippen molar-refractivity contribution in [2.24, 2.45) is 0 Å². The molecule has 10 heavy (non-hydrogen) atoms. The first-order valence-corrected chi connectivity index (χ1v) is 2.84. The zero-order valence-corrected chi connectivity index (χ0v) is 6.02. The van der Waals surface area contributed by atoms with Gasteiger partial charge in [0, 0.05) is 5.57 Å². The summed E-state index contributed by atoms with van der Waals surface area (Å²) in [5, 5.41) is 8.60.